The molecule has 0 aliphatic heterocycles. The van der Waals surface area contributed by atoms with Crippen molar-refractivity contribution in [2.75, 3.05) is 14.2 Å². The smallest absolute Gasteiger partial charge is 0.338 e. The molecule has 4 nitrogen and oxygen atoms in total. The number of hydrogen-bond acceptors (Lipinski definition) is 4. The van der Waals surface area contributed by atoms with Crippen molar-refractivity contribution in [2.24, 2.45) is 0 Å². The van der Waals surface area contributed by atoms with Crippen molar-refractivity contribution >= 4 is 34.5 Å². The standard InChI is InChI=1S/C10H9IO4/c1-14-9(12)6-3-4-8(11)7(5-6)10(13)15-2/h3-5H,1-2H3. The number of carbonyl (C=O) groups is 2. The Morgan fingerprint density at radius 2 is 1.73 bits per heavy atom. The Hall–Kier alpha value is -1.11. The Morgan fingerprint density at radius 1 is 1.13 bits per heavy atom. The minimum atomic E-state index is -0.475. The molecule has 0 aliphatic rings. The summed E-state index contributed by atoms with van der Waals surface area (Å²) in [6.07, 6.45) is 0. The molecule has 1 aromatic carbocycles. The third-order valence-electron chi connectivity index (χ3n) is 1.79. The number of rotatable bonds is 2. The highest BCUT2D eigenvalue weighted by molar-refractivity contribution is 14.1. The molecule has 0 bridgehead atoms. The van der Waals surface area contributed by atoms with Crippen LogP contribution >= 0.6 is 22.6 Å². The predicted molar refractivity (Wildman–Crippen MR) is 61.8 cm³/mol. The van der Waals surface area contributed by atoms with E-state index in [1.165, 1.54) is 20.3 Å². The van der Waals surface area contributed by atoms with Crippen molar-refractivity contribution in [2.45, 2.75) is 0 Å². The van der Waals surface area contributed by atoms with Crippen molar-refractivity contribution in [3.8, 4) is 0 Å². The molecule has 0 saturated carbocycles. The molecule has 0 amide bonds. The van der Waals surface area contributed by atoms with Crippen LogP contribution in [0.5, 0.6) is 0 Å². The van der Waals surface area contributed by atoms with Gasteiger partial charge in [0.05, 0.1) is 25.3 Å². The average molecular weight is 320 g/mol. The number of halogens is 1. The van der Waals surface area contributed by atoms with Crippen LogP contribution in [0, 0.1) is 3.57 Å². The van der Waals surface area contributed by atoms with Crippen LogP contribution in [0.3, 0.4) is 0 Å². The zero-order valence-electron chi connectivity index (χ0n) is 8.24. The summed E-state index contributed by atoms with van der Waals surface area (Å²) < 4.78 is 9.87. The van der Waals surface area contributed by atoms with E-state index in [0.29, 0.717) is 11.1 Å². The Morgan fingerprint density at radius 3 is 2.27 bits per heavy atom. The largest absolute Gasteiger partial charge is 0.465 e. The molecule has 0 heterocycles. The second-order valence-corrected chi connectivity index (χ2v) is 3.84. The van der Waals surface area contributed by atoms with Crippen LogP contribution in [0.2, 0.25) is 0 Å². The number of hydrogen-bond donors (Lipinski definition) is 0. The van der Waals surface area contributed by atoms with Gasteiger partial charge >= 0.3 is 11.9 Å². The number of carbonyl (C=O) groups excluding carboxylic acids is 2. The first-order valence-electron chi connectivity index (χ1n) is 4.06. The van der Waals surface area contributed by atoms with E-state index >= 15 is 0 Å². The van der Waals surface area contributed by atoms with Crippen molar-refractivity contribution in [3.05, 3.63) is 32.9 Å². The summed E-state index contributed by atoms with van der Waals surface area (Å²) in [6.45, 7) is 0. The fourth-order valence-corrected chi connectivity index (χ4v) is 1.59. The van der Waals surface area contributed by atoms with Crippen LogP contribution in [0.25, 0.3) is 0 Å². The summed E-state index contributed by atoms with van der Waals surface area (Å²) in [5, 5.41) is 0. The third kappa shape index (κ3) is 2.68. The predicted octanol–water partition coefficient (Wildman–Crippen LogP) is 1.86. The summed E-state index contributed by atoms with van der Waals surface area (Å²) in [6, 6.07) is 4.72. The van der Waals surface area contributed by atoms with Gasteiger partial charge in [0, 0.05) is 3.57 Å². The van der Waals surface area contributed by atoms with Gasteiger partial charge in [-0.2, -0.15) is 0 Å². The van der Waals surface area contributed by atoms with Crippen molar-refractivity contribution in [1.29, 1.82) is 0 Å². The zero-order chi connectivity index (χ0) is 11.4. The van der Waals surface area contributed by atoms with Gasteiger partial charge < -0.3 is 9.47 Å². The maximum Gasteiger partial charge on any atom is 0.338 e. The normalized spacial score (nSPS) is 9.53. The van der Waals surface area contributed by atoms with E-state index in [4.69, 9.17) is 0 Å². The molecule has 0 N–H and O–H groups in total. The minimum absolute atomic E-state index is 0.332. The second kappa shape index (κ2) is 5.11. The monoisotopic (exact) mass is 320 g/mol. The van der Waals surface area contributed by atoms with Crippen LogP contribution in [0.4, 0.5) is 0 Å². The number of methoxy groups -OCH3 is 2. The molecular formula is C10H9IO4. The summed E-state index contributed by atoms with van der Waals surface area (Å²) in [5.74, 6) is -0.943. The summed E-state index contributed by atoms with van der Waals surface area (Å²) >= 11 is 2.00. The minimum Gasteiger partial charge on any atom is -0.465 e. The number of ether oxygens (including phenoxy) is 2. The van der Waals surface area contributed by atoms with Gasteiger partial charge in [0.1, 0.15) is 0 Å². The maximum atomic E-state index is 11.3. The molecule has 1 aromatic rings. The second-order valence-electron chi connectivity index (χ2n) is 2.68. The Kier molecular flexibility index (Phi) is 4.07. The van der Waals surface area contributed by atoms with E-state index in [1.54, 1.807) is 12.1 Å². The van der Waals surface area contributed by atoms with Crippen LogP contribution in [-0.4, -0.2) is 26.2 Å². The molecule has 0 aliphatic carbocycles. The van der Waals surface area contributed by atoms with Gasteiger partial charge in [-0.3, -0.25) is 0 Å². The molecule has 15 heavy (non-hydrogen) atoms. The first-order chi connectivity index (χ1) is 7.10. The van der Waals surface area contributed by atoms with E-state index in [0.717, 1.165) is 3.57 Å². The van der Waals surface area contributed by atoms with E-state index in [1.807, 2.05) is 22.6 Å². The third-order valence-corrected chi connectivity index (χ3v) is 2.73. The fourth-order valence-electron chi connectivity index (χ4n) is 1.04. The molecule has 0 atom stereocenters. The van der Waals surface area contributed by atoms with E-state index in [9.17, 15) is 9.59 Å². The van der Waals surface area contributed by atoms with Crippen LogP contribution in [-0.2, 0) is 9.47 Å². The van der Waals surface area contributed by atoms with Gasteiger partial charge in [0.2, 0.25) is 0 Å². The Balaban J connectivity index is 3.16. The molecule has 0 unspecified atom stereocenters. The first kappa shape index (κ1) is 12.0. The Bertz CT molecular complexity index is 400. The zero-order valence-corrected chi connectivity index (χ0v) is 10.4. The molecule has 0 aromatic heterocycles. The molecule has 0 saturated heterocycles. The SMILES string of the molecule is COC(=O)c1ccc(I)c(C(=O)OC)c1. The highest BCUT2D eigenvalue weighted by Crippen LogP contribution is 2.16. The molecule has 0 fully saturated rings. The lowest BCUT2D eigenvalue weighted by atomic mass is 10.1. The van der Waals surface area contributed by atoms with E-state index in [-0.39, 0.29) is 0 Å². The van der Waals surface area contributed by atoms with Gasteiger partial charge in [0.25, 0.3) is 0 Å². The molecule has 80 valence electrons. The van der Waals surface area contributed by atoms with Crippen LogP contribution in [0.1, 0.15) is 20.7 Å². The first-order valence-corrected chi connectivity index (χ1v) is 5.14. The number of benzene rings is 1. The lowest BCUT2D eigenvalue weighted by Gasteiger charge is -2.04. The van der Waals surface area contributed by atoms with Gasteiger partial charge in [0.15, 0.2) is 0 Å². The molecule has 0 radical (unpaired) electrons. The van der Waals surface area contributed by atoms with Crippen LogP contribution in [0.15, 0.2) is 18.2 Å². The van der Waals surface area contributed by atoms with Gasteiger partial charge in [-0.25, -0.2) is 9.59 Å². The highest BCUT2D eigenvalue weighted by Gasteiger charge is 2.14. The van der Waals surface area contributed by atoms with Gasteiger partial charge in [-0.05, 0) is 40.8 Å². The summed E-state index contributed by atoms with van der Waals surface area (Å²) in [4.78, 5) is 22.5. The molecule has 5 heteroatoms. The molecule has 0 spiro atoms. The average Bonchev–Trinajstić information content (AvgIpc) is 2.27. The lowest BCUT2D eigenvalue weighted by molar-refractivity contribution is 0.0598. The van der Waals surface area contributed by atoms with Gasteiger partial charge in [-0.1, -0.05) is 0 Å². The van der Waals surface area contributed by atoms with Crippen LogP contribution < -0.4 is 0 Å². The van der Waals surface area contributed by atoms with Crippen molar-refractivity contribution in [1.82, 2.24) is 0 Å². The van der Waals surface area contributed by atoms with E-state index < -0.39 is 11.9 Å². The van der Waals surface area contributed by atoms with Gasteiger partial charge in [-0.15, -0.1) is 0 Å². The molecular weight excluding hydrogens is 311 g/mol. The number of esters is 2. The van der Waals surface area contributed by atoms with Crippen molar-refractivity contribution < 1.29 is 19.1 Å². The lowest BCUT2D eigenvalue weighted by Crippen LogP contribution is -2.08. The van der Waals surface area contributed by atoms with Crippen molar-refractivity contribution in [3.63, 3.8) is 0 Å². The Labute approximate surface area is 101 Å². The summed E-state index contributed by atoms with van der Waals surface area (Å²) in [7, 11) is 2.58. The quantitative estimate of drug-likeness (QED) is 0.617. The summed E-state index contributed by atoms with van der Waals surface area (Å²) in [5.41, 5.74) is 0.694. The fraction of sp³-hybridized carbons (Fsp3) is 0.200. The highest BCUT2D eigenvalue weighted by atomic mass is 127. The van der Waals surface area contributed by atoms with E-state index in [2.05, 4.69) is 9.47 Å². The molecule has 1 rings (SSSR count). The topological polar surface area (TPSA) is 52.6 Å². The maximum absolute atomic E-state index is 11.3.